The molecule has 7 atom stereocenters. The van der Waals surface area contributed by atoms with Gasteiger partial charge in [0.2, 0.25) is 5.91 Å². The van der Waals surface area contributed by atoms with Gasteiger partial charge in [-0.05, 0) is 51.4 Å². The lowest BCUT2D eigenvalue weighted by Gasteiger charge is -2.40. The number of unbranched alkanes of at least 4 members (excludes halogenated alkanes) is 2. The van der Waals surface area contributed by atoms with Crippen LogP contribution in [0.3, 0.4) is 0 Å². The summed E-state index contributed by atoms with van der Waals surface area (Å²) in [5.74, 6) is -0.252. The van der Waals surface area contributed by atoms with Crippen molar-refractivity contribution in [1.29, 1.82) is 0 Å². The highest BCUT2D eigenvalue weighted by atomic mass is 16.7. The van der Waals surface area contributed by atoms with Crippen LogP contribution in [-0.4, -0.2) is 87.5 Å². The third kappa shape index (κ3) is 17.5. The van der Waals surface area contributed by atoms with E-state index in [1.165, 1.54) is 0 Å². The number of allylic oxidation sites excluding steroid dienone is 11. The number of carbonyl (C=O) groups is 1. The Hall–Kier alpha value is -2.37. The number of hydrogen-bond acceptors (Lipinski definition) is 8. The predicted molar refractivity (Wildman–Crippen MR) is 170 cm³/mol. The molecule has 244 valence electrons. The summed E-state index contributed by atoms with van der Waals surface area (Å²) < 4.78 is 11.0. The number of amides is 1. The molecule has 1 fully saturated rings. The molecular formula is C34H55NO8. The van der Waals surface area contributed by atoms with Gasteiger partial charge in [-0.3, -0.25) is 4.79 Å². The van der Waals surface area contributed by atoms with E-state index in [-0.39, 0.29) is 18.9 Å². The zero-order valence-electron chi connectivity index (χ0n) is 25.9. The smallest absolute Gasteiger partial charge is 0.220 e. The second-order valence-electron chi connectivity index (χ2n) is 10.5. The van der Waals surface area contributed by atoms with Crippen molar-refractivity contribution in [1.82, 2.24) is 5.32 Å². The van der Waals surface area contributed by atoms with Gasteiger partial charge in [0.15, 0.2) is 6.29 Å². The summed E-state index contributed by atoms with van der Waals surface area (Å²) in [7, 11) is 0. The van der Waals surface area contributed by atoms with Crippen LogP contribution in [0.5, 0.6) is 0 Å². The summed E-state index contributed by atoms with van der Waals surface area (Å²) in [6.45, 7) is 3.34. The summed E-state index contributed by atoms with van der Waals surface area (Å²) >= 11 is 0. The van der Waals surface area contributed by atoms with E-state index in [4.69, 9.17) is 9.47 Å². The topological polar surface area (TPSA) is 149 Å². The molecule has 1 aliphatic heterocycles. The molecule has 6 N–H and O–H groups in total. The van der Waals surface area contributed by atoms with E-state index in [0.717, 1.165) is 51.4 Å². The van der Waals surface area contributed by atoms with Crippen molar-refractivity contribution in [2.45, 2.75) is 121 Å². The maximum atomic E-state index is 12.6. The van der Waals surface area contributed by atoms with Crippen molar-refractivity contribution in [3.8, 4) is 0 Å². The Kier molecular flexibility index (Phi) is 22.5. The Bertz CT molecular complexity index is 895. The fraction of sp³-hybridized carbons (Fsp3) is 0.618. The third-order valence-corrected chi connectivity index (χ3v) is 6.77. The lowest BCUT2D eigenvalue weighted by atomic mass is 9.99. The van der Waals surface area contributed by atoms with Crippen LogP contribution < -0.4 is 5.32 Å². The predicted octanol–water partition coefficient (Wildman–Crippen LogP) is 3.93. The molecule has 0 aliphatic carbocycles. The Morgan fingerprint density at radius 1 is 0.814 bits per heavy atom. The summed E-state index contributed by atoms with van der Waals surface area (Å²) in [4.78, 5) is 12.6. The molecule has 1 rings (SSSR count). The standard InChI is InChI=1S/C34H55NO8/c1-3-5-7-8-9-10-11-12-13-14-15-16-17-18-19-20-22-24-30(38)35-27(28(37)23-21-6-4-2)26-42-34-33(41)32(40)31(39)29(25-36)43-34/h5,7,9-10,12-13,15-16,18-19,21,23,27-29,31-34,36-37,39-41H,3-4,6,8,11,14,17,20,22,24-26H2,1-2H3,(H,35,38)/b7-5-,10-9-,13-12-,16-15-,19-18-,23-21+. The van der Waals surface area contributed by atoms with Gasteiger partial charge in [0, 0.05) is 6.42 Å². The first kappa shape index (κ1) is 38.7. The van der Waals surface area contributed by atoms with Crippen LogP contribution in [0.25, 0.3) is 0 Å². The molecule has 1 saturated heterocycles. The van der Waals surface area contributed by atoms with Crippen LogP contribution in [0.4, 0.5) is 0 Å². The van der Waals surface area contributed by atoms with Gasteiger partial charge in [-0.2, -0.15) is 0 Å². The maximum Gasteiger partial charge on any atom is 0.220 e. The fourth-order valence-corrected chi connectivity index (χ4v) is 4.19. The third-order valence-electron chi connectivity index (χ3n) is 6.77. The van der Waals surface area contributed by atoms with Crippen molar-refractivity contribution in [2.75, 3.05) is 13.2 Å². The van der Waals surface area contributed by atoms with Gasteiger partial charge < -0.3 is 40.3 Å². The monoisotopic (exact) mass is 605 g/mol. The fourth-order valence-electron chi connectivity index (χ4n) is 4.19. The number of ether oxygens (including phenoxy) is 2. The molecule has 9 heteroatoms. The van der Waals surface area contributed by atoms with Gasteiger partial charge in [0.25, 0.3) is 0 Å². The Morgan fingerprint density at radius 2 is 1.40 bits per heavy atom. The van der Waals surface area contributed by atoms with E-state index in [0.29, 0.717) is 6.42 Å². The molecule has 1 aliphatic rings. The molecule has 1 amide bonds. The molecule has 1 heterocycles. The molecule has 7 unspecified atom stereocenters. The minimum atomic E-state index is -1.57. The average Bonchev–Trinajstić information content (AvgIpc) is 3.00. The molecule has 0 radical (unpaired) electrons. The van der Waals surface area contributed by atoms with Gasteiger partial charge >= 0.3 is 0 Å². The highest BCUT2D eigenvalue weighted by Gasteiger charge is 2.44. The summed E-state index contributed by atoms with van der Waals surface area (Å²) in [6, 6.07) is -0.832. The van der Waals surface area contributed by atoms with E-state index in [1.54, 1.807) is 6.08 Å². The first-order valence-electron chi connectivity index (χ1n) is 15.7. The number of hydrogen-bond donors (Lipinski definition) is 6. The van der Waals surface area contributed by atoms with Gasteiger partial charge in [-0.1, -0.05) is 93.2 Å². The lowest BCUT2D eigenvalue weighted by molar-refractivity contribution is -0.302. The van der Waals surface area contributed by atoms with E-state index >= 15 is 0 Å². The lowest BCUT2D eigenvalue weighted by Crippen LogP contribution is -2.60. The van der Waals surface area contributed by atoms with E-state index < -0.39 is 49.5 Å². The van der Waals surface area contributed by atoms with Gasteiger partial charge in [-0.15, -0.1) is 0 Å². The summed E-state index contributed by atoms with van der Waals surface area (Å²) in [5.41, 5.74) is 0. The Labute approximate surface area is 258 Å². The highest BCUT2D eigenvalue weighted by molar-refractivity contribution is 5.76. The second kappa shape index (κ2) is 25.0. The maximum absolute atomic E-state index is 12.6. The van der Waals surface area contributed by atoms with Crippen LogP contribution in [0.15, 0.2) is 72.9 Å². The van der Waals surface area contributed by atoms with Crippen LogP contribution in [-0.2, 0) is 14.3 Å². The first-order valence-corrected chi connectivity index (χ1v) is 15.7. The number of aliphatic hydroxyl groups is 5. The quantitative estimate of drug-likeness (QED) is 0.0804. The summed E-state index contributed by atoms with van der Waals surface area (Å²) in [5, 5.41) is 53.0. The first-order chi connectivity index (χ1) is 20.8. The zero-order chi connectivity index (χ0) is 31.7. The largest absolute Gasteiger partial charge is 0.394 e. The average molecular weight is 606 g/mol. The van der Waals surface area contributed by atoms with Crippen molar-refractivity contribution in [3.05, 3.63) is 72.9 Å². The van der Waals surface area contributed by atoms with Crippen LogP contribution in [0.1, 0.15) is 78.1 Å². The minimum Gasteiger partial charge on any atom is -0.394 e. The molecule has 0 aromatic rings. The Balaban J connectivity index is 2.41. The zero-order valence-corrected chi connectivity index (χ0v) is 25.9. The highest BCUT2D eigenvalue weighted by Crippen LogP contribution is 2.22. The van der Waals surface area contributed by atoms with Gasteiger partial charge in [-0.25, -0.2) is 0 Å². The van der Waals surface area contributed by atoms with E-state index in [2.05, 4.69) is 66.9 Å². The normalized spacial score (nSPS) is 24.9. The molecule has 0 bridgehead atoms. The number of carbonyl (C=O) groups excluding carboxylic acids is 1. The molecular weight excluding hydrogens is 550 g/mol. The molecule has 9 nitrogen and oxygen atoms in total. The van der Waals surface area contributed by atoms with E-state index in [1.807, 2.05) is 19.1 Å². The van der Waals surface area contributed by atoms with Crippen LogP contribution in [0, 0.1) is 0 Å². The van der Waals surface area contributed by atoms with E-state index in [9.17, 15) is 30.3 Å². The van der Waals surface area contributed by atoms with Crippen molar-refractivity contribution >= 4 is 5.91 Å². The number of nitrogens with one attached hydrogen (secondary N) is 1. The molecule has 0 aromatic heterocycles. The molecule has 43 heavy (non-hydrogen) atoms. The van der Waals surface area contributed by atoms with Crippen molar-refractivity contribution in [3.63, 3.8) is 0 Å². The van der Waals surface area contributed by atoms with Gasteiger partial charge in [0.05, 0.1) is 25.4 Å². The van der Waals surface area contributed by atoms with Gasteiger partial charge in [0.1, 0.15) is 24.4 Å². The Morgan fingerprint density at radius 3 is 1.95 bits per heavy atom. The molecule has 0 saturated carbocycles. The number of aliphatic hydroxyl groups excluding tert-OH is 5. The number of rotatable bonds is 22. The second-order valence-corrected chi connectivity index (χ2v) is 10.5. The summed E-state index contributed by atoms with van der Waals surface area (Å²) in [6.07, 6.45) is 24.7. The van der Waals surface area contributed by atoms with Crippen LogP contribution in [0.2, 0.25) is 0 Å². The SMILES string of the molecule is CC/C=C\C/C=C\C/C=C\C/C=C\C/C=C\CCCC(=O)NC(COC1OC(CO)C(O)C(O)C1O)C(O)/C=C/CCC. The van der Waals surface area contributed by atoms with Crippen molar-refractivity contribution in [2.24, 2.45) is 0 Å². The minimum absolute atomic E-state index is 0.221. The molecule has 0 aromatic carbocycles. The van der Waals surface area contributed by atoms with Crippen LogP contribution >= 0.6 is 0 Å². The van der Waals surface area contributed by atoms with Crippen molar-refractivity contribution < 1.29 is 39.8 Å². The molecule has 0 spiro atoms.